The zero-order valence-corrected chi connectivity index (χ0v) is 16.9. The second-order valence-electron chi connectivity index (χ2n) is 7.55. The van der Waals surface area contributed by atoms with Gasteiger partial charge in [0.15, 0.2) is 5.69 Å². The van der Waals surface area contributed by atoms with Crippen molar-refractivity contribution in [3.63, 3.8) is 0 Å². The molecule has 0 saturated carbocycles. The number of aromatic nitrogens is 4. The monoisotopic (exact) mass is 403 g/mol. The molecule has 1 aliphatic heterocycles. The number of hydrogen-bond acceptors (Lipinski definition) is 5. The van der Waals surface area contributed by atoms with Gasteiger partial charge in [0.25, 0.3) is 5.91 Å². The molecule has 5 rings (SSSR count). The summed E-state index contributed by atoms with van der Waals surface area (Å²) in [5.74, 6) is 1.11. The molecule has 1 saturated heterocycles. The van der Waals surface area contributed by atoms with E-state index >= 15 is 0 Å². The number of carbonyl (C=O) groups excluding carboxylic acids is 1. The summed E-state index contributed by atoms with van der Waals surface area (Å²) in [6, 6.07) is 16.2. The highest BCUT2D eigenvalue weighted by molar-refractivity contribution is 7.09. The Morgan fingerprint density at radius 1 is 1.17 bits per heavy atom. The minimum absolute atomic E-state index is 0.0462. The van der Waals surface area contributed by atoms with Crippen molar-refractivity contribution in [3.05, 3.63) is 65.6 Å². The third kappa shape index (κ3) is 3.42. The van der Waals surface area contributed by atoms with E-state index in [1.165, 1.54) is 17.1 Å². The van der Waals surface area contributed by atoms with Gasteiger partial charge < -0.3 is 9.88 Å². The minimum atomic E-state index is -0.0462. The third-order valence-corrected chi connectivity index (χ3v) is 6.28. The number of nitrogens with zero attached hydrogens (tertiary/aromatic N) is 4. The lowest BCUT2D eigenvalue weighted by molar-refractivity contribution is 0.0699. The molecule has 7 heteroatoms. The molecule has 1 unspecified atom stereocenters. The second kappa shape index (κ2) is 7.40. The maximum absolute atomic E-state index is 13.3. The predicted octanol–water partition coefficient (Wildman–Crippen LogP) is 4.41. The predicted molar refractivity (Wildman–Crippen MR) is 114 cm³/mol. The molecule has 1 atom stereocenters. The Balaban J connectivity index is 1.39. The Bertz CT molecular complexity index is 1130. The highest BCUT2D eigenvalue weighted by Gasteiger charge is 2.30. The number of benzene rings is 2. The maximum Gasteiger partial charge on any atom is 0.275 e. The van der Waals surface area contributed by atoms with Crippen LogP contribution in [-0.4, -0.2) is 43.5 Å². The van der Waals surface area contributed by atoms with E-state index in [2.05, 4.69) is 14.6 Å². The van der Waals surface area contributed by atoms with Crippen LogP contribution in [0, 0.1) is 6.92 Å². The summed E-state index contributed by atoms with van der Waals surface area (Å²) >= 11 is 1.27. The quantitative estimate of drug-likeness (QED) is 0.550. The lowest BCUT2D eigenvalue weighted by atomic mass is 9.97. The number of likely N-dealkylation sites (tertiary alicyclic amines) is 1. The minimum Gasteiger partial charge on any atom is -0.342 e. The topological polar surface area (TPSA) is 74.8 Å². The van der Waals surface area contributed by atoms with Crippen LogP contribution in [0.3, 0.4) is 0 Å². The first kappa shape index (κ1) is 18.0. The van der Waals surface area contributed by atoms with Gasteiger partial charge in [0.2, 0.25) is 0 Å². The average molecular weight is 404 g/mol. The van der Waals surface area contributed by atoms with E-state index < -0.39 is 0 Å². The molecule has 0 aliphatic carbocycles. The molecular weight excluding hydrogens is 382 g/mol. The molecule has 4 aromatic rings. The van der Waals surface area contributed by atoms with Gasteiger partial charge in [-0.25, -0.2) is 4.98 Å². The first-order chi connectivity index (χ1) is 14.2. The number of para-hydroxylation sites is 2. The zero-order valence-electron chi connectivity index (χ0n) is 16.1. The number of aryl methyl sites for hydroxylation is 1. The number of nitrogens with one attached hydrogen (secondary N) is 1. The summed E-state index contributed by atoms with van der Waals surface area (Å²) in [5.41, 5.74) is 4.63. The van der Waals surface area contributed by atoms with Crippen molar-refractivity contribution in [2.45, 2.75) is 25.7 Å². The average Bonchev–Trinajstić information content (AvgIpc) is 3.41. The molecule has 1 N–H and O–H groups in total. The highest BCUT2D eigenvalue weighted by atomic mass is 32.1. The fourth-order valence-electron chi connectivity index (χ4n) is 3.93. The van der Waals surface area contributed by atoms with E-state index in [1.807, 2.05) is 60.4 Å². The largest absolute Gasteiger partial charge is 0.342 e. The van der Waals surface area contributed by atoms with Crippen molar-refractivity contribution < 1.29 is 4.79 Å². The van der Waals surface area contributed by atoms with Crippen molar-refractivity contribution in [1.29, 1.82) is 0 Å². The van der Waals surface area contributed by atoms with Gasteiger partial charge in [0.1, 0.15) is 5.82 Å². The van der Waals surface area contributed by atoms with E-state index in [0.29, 0.717) is 12.2 Å². The van der Waals surface area contributed by atoms with Gasteiger partial charge in [-0.1, -0.05) is 46.4 Å². The van der Waals surface area contributed by atoms with Crippen LogP contribution in [0.15, 0.2) is 48.5 Å². The Labute approximate surface area is 172 Å². The summed E-state index contributed by atoms with van der Waals surface area (Å²) in [6.45, 7) is 3.43. The molecule has 1 fully saturated rings. The second-order valence-corrected chi connectivity index (χ2v) is 8.30. The molecule has 1 amide bonds. The van der Waals surface area contributed by atoms with Gasteiger partial charge >= 0.3 is 0 Å². The first-order valence-corrected chi connectivity index (χ1v) is 10.6. The van der Waals surface area contributed by atoms with Crippen LogP contribution in [0.1, 0.15) is 40.6 Å². The highest BCUT2D eigenvalue weighted by Crippen LogP contribution is 2.31. The number of amides is 1. The zero-order chi connectivity index (χ0) is 19.8. The number of fused-ring (bicyclic) bond motifs is 1. The molecule has 1 aliphatic rings. The number of hydrogen-bond donors (Lipinski definition) is 1. The third-order valence-electron chi connectivity index (χ3n) is 5.51. The molecule has 0 radical (unpaired) electrons. The number of imidazole rings is 1. The first-order valence-electron chi connectivity index (χ1n) is 9.82. The van der Waals surface area contributed by atoms with Crippen LogP contribution < -0.4 is 0 Å². The van der Waals surface area contributed by atoms with Gasteiger partial charge in [-0.3, -0.25) is 4.79 Å². The summed E-state index contributed by atoms with van der Waals surface area (Å²) in [4.78, 5) is 24.2. The van der Waals surface area contributed by atoms with E-state index in [4.69, 9.17) is 4.98 Å². The van der Waals surface area contributed by atoms with Gasteiger partial charge in [-0.15, -0.1) is 5.10 Å². The van der Waals surface area contributed by atoms with Crippen LogP contribution in [0.4, 0.5) is 0 Å². The van der Waals surface area contributed by atoms with Crippen molar-refractivity contribution in [2.24, 2.45) is 0 Å². The molecule has 2 aromatic carbocycles. The van der Waals surface area contributed by atoms with E-state index in [-0.39, 0.29) is 11.8 Å². The molecule has 29 heavy (non-hydrogen) atoms. The van der Waals surface area contributed by atoms with E-state index in [1.54, 1.807) is 0 Å². The van der Waals surface area contributed by atoms with Crippen molar-refractivity contribution >= 4 is 28.5 Å². The summed E-state index contributed by atoms with van der Waals surface area (Å²) in [5, 5.41) is 4.18. The smallest absolute Gasteiger partial charge is 0.275 e. The van der Waals surface area contributed by atoms with Gasteiger partial charge in [-0.05, 0) is 49.0 Å². The van der Waals surface area contributed by atoms with Crippen molar-refractivity contribution in [1.82, 2.24) is 24.5 Å². The van der Waals surface area contributed by atoms with Gasteiger partial charge in [0.05, 0.1) is 15.9 Å². The summed E-state index contributed by atoms with van der Waals surface area (Å²) < 4.78 is 4.07. The number of H-pyrrole nitrogens is 1. The molecule has 146 valence electrons. The molecule has 0 bridgehead atoms. The molecule has 6 nitrogen and oxygen atoms in total. The number of carbonyl (C=O) groups is 1. The lowest BCUT2D eigenvalue weighted by Gasteiger charge is -2.31. The number of piperidine rings is 1. The molecule has 3 heterocycles. The number of rotatable bonds is 3. The Morgan fingerprint density at radius 2 is 2.00 bits per heavy atom. The molecule has 0 spiro atoms. The van der Waals surface area contributed by atoms with Crippen LogP contribution in [0.2, 0.25) is 0 Å². The fraction of sp³-hybridized carbons (Fsp3) is 0.273. The van der Waals surface area contributed by atoms with Crippen molar-refractivity contribution in [2.75, 3.05) is 13.1 Å². The lowest BCUT2D eigenvalue weighted by Crippen LogP contribution is -2.39. The molecule has 2 aromatic heterocycles. The van der Waals surface area contributed by atoms with E-state index in [9.17, 15) is 4.79 Å². The summed E-state index contributed by atoms with van der Waals surface area (Å²) in [7, 11) is 0. The van der Waals surface area contributed by atoms with Gasteiger partial charge in [-0.2, -0.15) is 0 Å². The van der Waals surface area contributed by atoms with Crippen molar-refractivity contribution in [3.8, 4) is 10.4 Å². The Kier molecular flexibility index (Phi) is 4.60. The van der Waals surface area contributed by atoms with Crippen LogP contribution in [0.25, 0.3) is 21.5 Å². The Hall–Kier alpha value is -3.06. The van der Waals surface area contributed by atoms with Crippen LogP contribution in [0.5, 0.6) is 0 Å². The fourth-order valence-corrected chi connectivity index (χ4v) is 4.59. The van der Waals surface area contributed by atoms with Gasteiger partial charge in [0, 0.05) is 19.0 Å². The number of aromatic amines is 1. The summed E-state index contributed by atoms with van der Waals surface area (Å²) in [6.07, 6.45) is 1.97. The van der Waals surface area contributed by atoms with Crippen LogP contribution >= 0.6 is 11.5 Å². The van der Waals surface area contributed by atoms with Crippen LogP contribution in [-0.2, 0) is 0 Å². The Morgan fingerprint density at radius 3 is 2.83 bits per heavy atom. The normalized spacial score (nSPS) is 17.0. The standard InChI is InChI=1S/C22H21N5OS/c1-14-8-10-15(11-9-14)20-19(25-26-29-20)22(28)27-12-4-5-16(13-27)21-23-17-6-2-3-7-18(17)24-21/h2-3,6-11,16H,4-5,12-13H2,1H3,(H,23,24). The maximum atomic E-state index is 13.3. The van der Waals surface area contributed by atoms with E-state index in [0.717, 1.165) is 46.7 Å². The SMILES string of the molecule is Cc1ccc(-c2snnc2C(=O)N2CCCC(c3nc4ccccc4[nH]3)C2)cc1. The molecular formula is C22H21N5OS.